The number of hydrogen-bond acceptors (Lipinski definition) is 4. The minimum absolute atomic E-state index is 0.322. The van der Waals surface area contributed by atoms with Gasteiger partial charge in [0.05, 0.1) is 12.2 Å². The Hall–Kier alpha value is -1.40. The van der Waals surface area contributed by atoms with E-state index >= 15 is 0 Å². The van der Waals surface area contributed by atoms with E-state index in [2.05, 4.69) is 11.6 Å². The molecule has 1 unspecified atom stereocenters. The summed E-state index contributed by atoms with van der Waals surface area (Å²) in [7, 11) is 0. The van der Waals surface area contributed by atoms with Gasteiger partial charge in [-0.2, -0.15) is 0 Å². The third-order valence-corrected chi connectivity index (χ3v) is 4.74. The van der Waals surface area contributed by atoms with Gasteiger partial charge in [-0.3, -0.25) is 4.21 Å². The number of hydrogen-bond donors (Lipinski definition) is 1. The van der Waals surface area contributed by atoms with Crippen molar-refractivity contribution < 1.29 is 18.3 Å². The van der Waals surface area contributed by atoms with Crippen molar-refractivity contribution >= 4 is 17.2 Å². The summed E-state index contributed by atoms with van der Waals surface area (Å²) in [6, 6.07) is 0. The predicted octanol–water partition coefficient (Wildman–Crippen LogP) is 5.63. The highest BCUT2D eigenvalue weighted by molar-refractivity contribution is 7.77. The molecule has 0 bridgehead atoms. The van der Waals surface area contributed by atoms with Crippen LogP contribution in [0.1, 0.15) is 91.9 Å². The summed E-state index contributed by atoms with van der Waals surface area (Å²) in [5, 5.41) is 0. The van der Waals surface area contributed by atoms with E-state index in [9.17, 15) is 13.6 Å². The molecule has 0 spiro atoms. The van der Waals surface area contributed by atoms with E-state index in [0.717, 1.165) is 18.4 Å². The van der Waals surface area contributed by atoms with Gasteiger partial charge in [0.2, 0.25) is 0 Å². The van der Waals surface area contributed by atoms with Crippen LogP contribution in [0.4, 0.5) is 0 Å². The van der Waals surface area contributed by atoms with E-state index < -0.39 is 17.2 Å². The Morgan fingerprint density at radius 3 is 2.00 bits per heavy atom. The largest absolute Gasteiger partial charge is 0.755 e. The minimum Gasteiger partial charge on any atom is -0.755 e. The Labute approximate surface area is 174 Å². The Kier molecular flexibility index (Phi) is 16.8. The second kappa shape index (κ2) is 17.7. The van der Waals surface area contributed by atoms with Crippen LogP contribution in [-0.4, -0.2) is 21.3 Å². The van der Waals surface area contributed by atoms with Gasteiger partial charge in [-0.25, -0.2) is 4.79 Å². The lowest BCUT2D eigenvalue weighted by atomic mass is 10.1. The zero-order valence-electron chi connectivity index (χ0n) is 18.1. The van der Waals surface area contributed by atoms with Crippen LogP contribution in [0.3, 0.4) is 0 Å². The monoisotopic (exact) mass is 412 g/mol. The van der Waals surface area contributed by atoms with Crippen molar-refractivity contribution in [1.29, 1.82) is 0 Å². The lowest BCUT2D eigenvalue weighted by Crippen LogP contribution is -2.16. The zero-order valence-corrected chi connectivity index (χ0v) is 18.9. The number of allylic oxidation sites excluding steroid dienone is 3. The maximum atomic E-state index is 12.3. The van der Waals surface area contributed by atoms with Crippen molar-refractivity contribution in [3.05, 3.63) is 35.1 Å². The minimum atomic E-state index is -2.45. The molecule has 0 aromatic heterocycles. The molecule has 1 atom stereocenters. The molecule has 0 saturated carbocycles. The first-order chi connectivity index (χ1) is 13.4. The highest BCUT2D eigenvalue weighted by Crippen LogP contribution is 2.13. The molecule has 162 valence electrons. The van der Waals surface area contributed by atoms with Crippen molar-refractivity contribution in [1.82, 2.24) is 4.72 Å². The molecule has 0 radical (unpaired) electrons. The summed E-state index contributed by atoms with van der Waals surface area (Å²) in [4.78, 5) is 12.3. The van der Waals surface area contributed by atoms with Crippen LogP contribution in [0.5, 0.6) is 0 Å². The van der Waals surface area contributed by atoms with Crippen LogP contribution in [0.2, 0.25) is 0 Å². The zero-order chi connectivity index (χ0) is 21.2. The predicted molar refractivity (Wildman–Crippen MR) is 116 cm³/mol. The van der Waals surface area contributed by atoms with E-state index in [1.807, 2.05) is 0 Å². The number of ether oxygens (including phenoxy) is 1. The molecule has 6 heteroatoms. The molecule has 1 N–H and O–H groups in total. The fourth-order valence-corrected chi connectivity index (χ4v) is 3.10. The highest BCUT2D eigenvalue weighted by atomic mass is 32.2. The summed E-state index contributed by atoms with van der Waals surface area (Å²) >= 11 is -2.45. The lowest BCUT2D eigenvalue weighted by Gasteiger charge is -2.12. The van der Waals surface area contributed by atoms with Crippen LogP contribution in [0, 0.1) is 0 Å². The van der Waals surface area contributed by atoms with Gasteiger partial charge in [0.15, 0.2) is 0 Å². The van der Waals surface area contributed by atoms with E-state index in [1.165, 1.54) is 57.4 Å². The van der Waals surface area contributed by atoms with Gasteiger partial charge in [0.25, 0.3) is 0 Å². The molecule has 0 fully saturated rings. The van der Waals surface area contributed by atoms with Crippen LogP contribution in [0.15, 0.2) is 35.1 Å². The van der Waals surface area contributed by atoms with Gasteiger partial charge in [-0.1, -0.05) is 76.4 Å². The second-order valence-corrected chi connectivity index (χ2v) is 7.84. The molecule has 0 aliphatic carbocycles. The smallest absolute Gasteiger partial charge is 0.338 e. The third-order valence-electron chi connectivity index (χ3n) is 4.34. The van der Waals surface area contributed by atoms with Crippen molar-refractivity contribution in [2.24, 2.45) is 0 Å². The summed E-state index contributed by atoms with van der Waals surface area (Å²) < 4.78 is 29.4. The Bertz CT molecular complexity index is 549. The van der Waals surface area contributed by atoms with Gasteiger partial charge in [0.1, 0.15) is 0 Å². The molecule has 0 aliphatic rings. The van der Waals surface area contributed by atoms with Crippen molar-refractivity contribution in [2.45, 2.75) is 91.9 Å². The average Bonchev–Trinajstić information content (AvgIpc) is 2.63. The van der Waals surface area contributed by atoms with Crippen molar-refractivity contribution in [3.8, 4) is 0 Å². The van der Waals surface area contributed by atoms with Crippen LogP contribution in [-0.2, 0) is 20.8 Å². The summed E-state index contributed by atoms with van der Waals surface area (Å²) in [6.45, 7) is 8.00. The Balaban J connectivity index is 4.23. The first-order valence-corrected chi connectivity index (χ1v) is 11.5. The molecule has 0 aromatic carbocycles. The SMILES string of the molecule is C/C=C\C(=C/C(C(=O)OCCCCCCCCCCCC)=C(C)C)NS(=O)[O-]. The van der Waals surface area contributed by atoms with Crippen LogP contribution in [0.25, 0.3) is 0 Å². The molecule has 0 aliphatic heterocycles. The number of rotatable bonds is 16. The molecule has 0 aromatic rings. The molecular formula is C22H38NO4S-. The normalized spacial score (nSPS) is 12.8. The van der Waals surface area contributed by atoms with Gasteiger partial charge >= 0.3 is 5.97 Å². The number of carbonyl (C=O) groups excluding carboxylic acids is 1. The van der Waals surface area contributed by atoms with Crippen molar-refractivity contribution in [2.75, 3.05) is 6.61 Å². The summed E-state index contributed by atoms with van der Waals surface area (Å²) in [6.07, 6.45) is 17.1. The third kappa shape index (κ3) is 14.6. The fourth-order valence-electron chi connectivity index (χ4n) is 2.78. The maximum absolute atomic E-state index is 12.3. The van der Waals surface area contributed by atoms with E-state index in [0.29, 0.717) is 17.9 Å². The molecular weight excluding hydrogens is 374 g/mol. The topological polar surface area (TPSA) is 78.5 Å². The van der Waals surface area contributed by atoms with Gasteiger partial charge < -0.3 is 14.0 Å². The highest BCUT2D eigenvalue weighted by Gasteiger charge is 2.11. The van der Waals surface area contributed by atoms with Gasteiger partial charge in [-0.05, 0) is 39.3 Å². The standard InChI is InChI=1S/C22H39NO4S/c1-5-7-8-9-10-11-12-13-14-15-17-27-22(24)21(19(3)4)18-20(16-6-2)23-28(25)26/h6,16,18,23H,5,7-15,17H2,1-4H3,(H,25,26)/p-1/b16-6-,20-18+. The summed E-state index contributed by atoms with van der Waals surface area (Å²) in [5.74, 6) is -0.420. The van der Waals surface area contributed by atoms with E-state index in [-0.39, 0.29) is 0 Å². The fraction of sp³-hybridized carbons (Fsp3) is 0.682. The number of esters is 1. The van der Waals surface area contributed by atoms with Crippen molar-refractivity contribution in [3.63, 3.8) is 0 Å². The van der Waals surface area contributed by atoms with Crippen LogP contribution >= 0.6 is 0 Å². The van der Waals surface area contributed by atoms with E-state index in [1.54, 1.807) is 32.9 Å². The summed E-state index contributed by atoms with van der Waals surface area (Å²) in [5.41, 5.74) is 1.47. The molecule has 0 amide bonds. The maximum Gasteiger partial charge on any atom is 0.338 e. The molecule has 0 heterocycles. The van der Waals surface area contributed by atoms with Gasteiger partial charge in [-0.15, -0.1) is 0 Å². The first kappa shape index (κ1) is 26.6. The average molecular weight is 413 g/mol. The lowest BCUT2D eigenvalue weighted by molar-refractivity contribution is -0.138. The molecule has 0 saturated heterocycles. The Morgan fingerprint density at radius 2 is 1.54 bits per heavy atom. The van der Waals surface area contributed by atoms with Crippen LogP contribution < -0.4 is 4.72 Å². The number of unbranched alkanes of at least 4 members (excludes halogenated alkanes) is 9. The second-order valence-electron chi connectivity index (χ2n) is 7.17. The molecule has 28 heavy (non-hydrogen) atoms. The molecule has 5 nitrogen and oxygen atoms in total. The number of nitrogens with one attached hydrogen (secondary N) is 1. The Morgan fingerprint density at radius 1 is 1.00 bits per heavy atom. The number of carbonyl (C=O) groups is 1. The molecule has 0 rings (SSSR count). The van der Waals surface area contributed by atoms with Gasteiger partial charge in [0, 0.05) is 17.0 Å². The first-order valence-electron chi connectivity index (χ1n) is 10.5. The van der Waals surface area contributed by atoms with E-state index in [4.69, 9.17) is 4.74 Å². The quantitative estimate of drug-likeness (QED) is 0.117.